The van der Waals surface area contributed by atoms with E-state index in [4.69, 9.17) is 4.42 Å². The quantitative estimate of drug-likeness (QED) is 0.866. The van der Waals surface area contributed by atoms with Crippen molar-refractivity contribution in [2.24, 2.45) is 0 Å². The highest BCUT2D eigenvalue weighted by Gasteiger charge is 2.24. The maximum atomic E-state index is 6.02. The molecule has 1 aromatic heterocycles. The van der Waals surface area contributed by atoms with Crippen molar-refractivity contribution in [3.63, 3.8) is 0 Å². The molecule has 0 aliphatic carbocycles. The van der Waals surface area contributed by atoms with Crippen LogP contribution in [0.3, 0.4) is 0 Å². The Morgan fingerprint density at radius 2 is 1.86 bits per heavy atom. The normalized spacial score (nSPS) is 17.1. The van der Waals surface area contributed by atoms with Crippen molar-refractivity contribution in [3.8, 4) is 11.5 Å². The van der Waals surface area contributed by atoms with Gasteiger partial charge in [0.15, 0.2) is 0 Å². The lowest BCUT2D eigenvalue weighted by Crippen LogP contribution is -2.29. The van der Waals surface area contributed by atoms with Crippen LogP contribution in [0.4, 0.5) is 0 Å². The average Bonchev–Trinajstić information content (AvgIpc) is 2.98. The molecule has 1 aromatic carbocycles. The van der Waals surface area contributed by atoms with Gasteiger partial charge in [-0.3, -0.25) is 0 Å². The second kappa shape index (κ2) is 6.21. The Bertz CT molecular complexity index is 654. The molecule has 1 aliphatic heterocycles. The number of aryl methyl sites for hydroxylation is 3. The predicted molar refractivity (Wildman–Crippen MR) is 88.1 cm³/mol. The van der Waals surface area contributed by atoms with Crippen LogP contribution >= 0.6 is 0 Å². The molecule has 0 unspecified atom stereocenters. The molecule has 3 rings (SSSR count). The van der Waals surface area contributed by atoms with E-state index in [1.807, 2.05) is 0 Å². The molecule has 0 amide bonds. The third kappa shape index (κ3) is 2.93. The van der Waals surface area contributed by atoms with Crippen molar-refractivity contribution >= 4 is 0 Å². The second-order valence-corrected chi connectivity index (χ2v) is 6.47. The van der Waals surface area contributed by atoms with E-state index < -0.39 is 0 Å². The van der Waals surface area contributed by atoms with E-state index in [1.54, 1.807) is 0 Å². The molecule has 0 spiro atoms. The van der Waals surface area contributed by atoms with Crippen molar-refractivity contribution in [1.82, 2.24) is 15.1 Å². The second-order valence-electron chi connectivity index (χ2n) is 6.47. The summed E-state index contributed by atoms with van der Waals surface area (Å²) in [4.78, 5) is 2.35. The van der Waals surface area contributed by atoms with Crippen molar-refractivity contribution in [1.29, 1.82) is 0 Å². The number of likely N-dealkylation sites (tertiary alicyclic amines) is 1. The number of nitrogens with zero attached hydrogens (tertiary/aromatic N) is 3. The van der Waals surface area contributed by atoms with Crippen molar-refractivity contribution in [2.45, 2.75) is 46.0 Å². The summed E-state index contributed by atoms with van der Waals surface area (Å²) in [5.74, 6) is 1.89. The van der Waals surface area contributed by atoms with E-state index >= 15 is 0 Å². The van der Waals surface area contributed by atoms with E-state index in [9.17, 15) is 0 Å². The smallest absolute Gasteiger partial charge is 0.248 e. The summed E-state index contributed by atoms with van der Waals surface area (Å²) in [6.45, 7) is 8.66. The molecule has 2 heterocycles. The van der Waals surface area contributed by atoms with E-state index in [0.29, 0.717) is 11.8 Å². The van der Waals surface area contributed by atoms with Crippen molar-refractivity contribution in [2.75, 3.05) is 20.1 Å². The van der Waals surface area contributed by atoms with Crippen LogP contribution in [0.15, 0.2) is 16.5 Å². The van der Waals surface area contributed by atoms with Crippen LogP contribution in [0.5, 0.6) is 0 Å². The Kier molecular flexibility index (Phi) is 4.30. The van der Waals surface area contributed by atoms with Gasteiger partial charge in [0.2, 0.25) is 11.8 Å². The Hall–Kier alpha value is -1.68. The number of benzene rings is 1. The Morgan fingerprint density at radius 1 is 1.14 bits per heavy atom. The zero-order chi connectivity index (χ0) is 15.7. The zero-order valence-electron chi connectivity index (χ0n) is 14.0. The van der Waals surface area contributed by atoms with E-state index in [-0.39, 0.29) is 0 Å². The van der Waals surface area contributed by atoms with Gasteiger partial charge in [0.05, 0.1) is 0 Å². The van der Waals surface area contributed by atoms with Crippen molar-refractivity contribution < 1.29 is 4.42 Å². The lowest BCUT2D eigenvalue weighted by Gasteiger charge is -2.26. The van der Waals surface area contributed by atoms with Gasteiger partial charge in [-0.05, 0) is 76.0 Å². The fraction of sp³-hybridized carbons (Fsp3) is 0.556. The maximum absolute atomic E-state index is 6.02. The summed E-state index contributed by atoms with van der Waals surface area (Å²) in [6.07, 6.45) is 3.23. The van der Waals surface area contributed by atoms with Crippen LogP contribution < -0.4 is 0 Å². The van der Waals surface area contributed by atoms with Gasteiger partial charge in [0.25, 0.3) is 0 Å². The Morgan fingerprint density at radius 3 is 2.55 bits per heavy atom. The molecule has 2 aromatic rings. The minimum Gasteiger partial charge on any atom is -0.420 e. The molecule has 0 N–H and O–H groups in total. The molecule has 0 atom stereocenters. The van der Waals surface area contributed by atoms with Crippen LogP contribution in [-0.4, -0.2) is 35.2 Å². The standard InChI is InChI=1S/C18H25N3O/c1-5-14-11-16(13(3)10-12(14)2)18-20-19-17(22-18)15-6-8-21(4)9-7-15/h10-11,15H,5-9H2,1-4H3. The van der Waals surface area contributed by atoms with E-state index in [2.05, 4.69) is 55.0 Å². The predicted octanol–water partition coefficient (Wildman–Crippen LogP) is 3.73. The molecule has 1 fully saturated rings. The topological polar surface area (TPSA) is 42.2 Å². The molecule has 118 valence electrons. The highest BCUT2D eigenvalue weighted by molar-refractivity contribution is 5.60. The average molecular weight is 299 g/mol. The fourth-order valence-electron chi connectivity index (χ4n) is 3.27. The van der Waals surface area contributed by atoms with Crippen LogP contribution in [0, 0.1) is 13.8 Å². The first kappa shape index (κ1) is 15.2. The lowest BCUT2D eigenvalue weighted by molar-refractivity contribution is 0.237. The molecule has 0 saturated carbocycles. The summed E-state index contributed by atoms with van der Waals surface area (Å²) in [6, 6.07) is 4.42. The summed E-state index contributed by atoms with van der Waals surface area (Å²) in [5.41, 5.74) is 4.96. The summed E-state index contributed by atoms with van der Waals surface area (Å²) >= 11 is 0. The van der Waals surface area contributed by atoms with E-state index in [1.165, 1.54) is 16.7 Å². The van der Waals surface area contributed by atoms with Gasteiger partial charge in [0.1, 0.15) is 0 Å². The summed E-state index contributed by atoms with van der Waals surface area (Å²) < 4.78 is 6.02. The van der Waals surface area contributed by atoms with Crippen molar-refractivity contribution in [3.05, 3.63) is 34.7 Å². The van der Waals surface area contributed by atoms with Gasteiger partial charge in [0, 0.05) is 11.5 Å². The highest BCUT2D eigenvalue weighted by Crippen LogP contribution is 2.31. The third-order valence-electron chi connectivity index (χ3n) is 4.80. The van der Waals surface area contributed by atoms with Gasteiger partial charge >= 0.3 is 0 Å². The van der Waals surface area contributed by atoms with Gasteiger partial charge in [-0.1, -0.05) is 13.0 Å². The molecule has 1 aliphatic rings. The molecule has 1 saturated heterocycles. The monoisotopic (exact) mass is 299 g/mol. The number of piperidine rings is 1. The van der Waals surface area contributed by atoms with Gasteiger partial charge < -0.3 is 9.32 Å². The van der Waals surface area contributed by atoms with Gasteiger partial charge in [-0.2, -0.15) is 0 Å². The Labute approximate surface area is 132 Å². The Balaban J connectivity index is 1.87. The van der Waals surface area contributed by atoms with Crippen LogP contribution in [0.25, 0.3) is 11.5 Å². The van der Waals surface area contributed by atoms with Gasteiger partial charge in [-0.25, -0.2) is 0 Å². The molecule has 4 heteroatoms. The molecule has 0 radical (unpaired) electrons. The van der Waals surface area contributed by atoms with E-state index in [0.717, 1.165) is 43.8 Å². The van der Waals surface area contributed by atoms with Crippen LogP contribution in [0.1, 0.15) is 48.3 Å². The fourth-order valence-corrected chi connectivity index (χ4v) is 3.27. The number of hydrogen-bond acceptors (Lipinski definition) is 4. The largest absolute Gasteiger partial charge is 0.420 e. The summed E-state index contributed by atoms with van der Waals surface area (Å²) in [5, 5.41) is 8.64. The zero-order valence-corrected chi connectivity index (χ0v) is 14.0. The summed E-state index contributed by atoms with van der Waals surface area (Å²) in [7, 11) is 2.16. The van der Waals surface area contributed by atoms with Crippen LogP contribution in [-0.2, 0) is 6.42 Å². The molecule has 22 heavy (non-hydrogen) atoms. The lowest BCUT2D eigenvalue weighted by atomic mass is 9.97. The highest BCUT2D eigenvalue weighted by atomic mass is 16.4. The SMILES string of the molecule is CCc1cc(-c2nnc(C3CCN(C)CC3)o2)c(C)cc1C. The molecule has 4 nitrogen and oxygen atoms in total. The minimum atomic E-state index is 0.411. The van der Waals surface area contributed by atoms with Crippen LogP contribution in [0.2, 0.25) is 0 Å². The van der Waals surface area contributed by atoms with Gasteiger partial charge in [-0.15, -0.1) is 10.2 Å². The maximum Gasteiger partial charge on any atom is 0.248 e. The third-order valence-corrected chi connectivity index (χ3v) is 4.80. The number of rotatable bonds is 3. The molecule has 0 bridgehead atoms. The first-order chi connectivity index (χ1) is 10.6. The number of hydrogen-bond donors (Lipinski definition) is 0. The minimum absolute atomic E-state index is 0.411. The first-order valence-corrected chi connectivity index (χ1v) is 8.21. The number of aromatic nitrogens is 2. The first-order valence-electron chi connectivity index (χ1n) is 8.21. The molecular formula is C18H25N3O. The molecular weight excluding hydrogens is 274 g/mol.